The first-order valence-corrected chi connectivity index (χ1v) is 13.1. The van der Waals surface area contributed by atoms with Crippen molar-refractivity contribution in [3.63, 3.8) is 0 Å². The standard InChI is InChI=1S/C23H28ClN3O3S2/c1-15(2)13-27(14-16(3)4)32(29,30)18-11-9-17(10-12-18)22(28)25-23-26(5)21-19(24)7-6-8-20(21)31-23/h6-12,15-16H,13-14H2,1-5H3. The van der Waals surface area contributed by atoms with Crippen molar-refractivity contribution >= 4 is 49.1 Å². The second-order valence-electron chi connectivity index (χ2n) is 8.58. The van der Waals surface area contributed by atoms with Crippen LogP contribution in [0.25, 0.3) is 10.2 Å². The van der Waals surface area contributed by atoms with E-state index in [1.807, 2.05) is 46.9 Å². The van der Waals surface area contributed by atoms with E-state index in [0.29, 0.717) is 28.5 Å². The lowest BCUT2D eigenvalue weighted by atomic mass is 10.2. The number of nitrogens with zero attached hydrogens (tertiary/aromatic N) is 3. The topological polar surface area (TPSA) is 71.7 Å². The summed E-state index contributed by atoms with van der Waals surface area (Å²) in [4.78, 5) is 17.7. The molecule has 1 aromatic heterocycles. The van der Waals surface area contributed by atoms with Crippen LogP contribution in [0.3, 0.4) is 0 Å². The molecule has 0 saturated carbocycles. The van der Waals surface area contributed by atoms with E-state index in [2.05, 4.69) is 4.99 Å². The Bertz CT molecular complexity index is 1280. The number of hydrogen-bond acceptors (Lipinski definition) is 4. The van der Waals surface area contributed by atoms with Crippen LogP contribution in [0.1, 0.15) is 38.1 Å². The molecule has 0 aliphatic heterocycles. The molecular weight excluding hydrogens is 466 g/mol. The van der Waals surface area contributed by atoms with Gasteiger partial charge in [0.1, 0.15) is 0 Å². The first-order chi connectivity index (χ1) is 15.0. The van der Waals surface area contributed by atoms with Gasteiger partial charge in [0.25, 0.3) is 5.91 Å². The zero-order valence-electron chi connectivity index (χ0n) is 18.9. The highest BCUT2D eigenvalue weighted by Gasteiger charge is 2.26. The third-order valence-corrected chi connectivity index (χ3v) is 8.10. The fourth-order valence-corrected chi connectivity index (χ4v) is 6.59. The molecule has 0 aliphatic carbocycles. The molecule has 3 rings (SSSR count). The average molecular weight is 494 g/mol. The third kappa shape index (κ3) is 5.31. The minimum Gasteiger partial charge on any atom is -0.318 e. The zero-order valence-corrected chi connectivity index (χ0v) is 21.3. The highest BCUT2D eigenvalue weighted by atomic mass is 35.5. The number of aryl methyl sites for hydroxylation is 1. The van der Waals surface area contributed by atoms with E-state index in [-0.39, 0.29) is 16.7 Å². The summed E-state index contributed by atoms with van der Waals surface area (Å²) in [6.07, 6.45) is 0. The van der Waals surface area contributed by atoms with E-state index in [0.717, 1.165) is 10.2 Å². The Morgan fingerprint density at radius 2 is 1.66 bits per heavy atom. The molecule has 0 spiro atoms. The predicted octanol–water partition coefficient (Wildman–Crippen LogP) is 4.94. The van der Waals surface area contributed by atoms with Gasteiger partial charge in [-0.05, 0) is 48.2 Å². The molecule has 6 nitrogen and oxygen atoms in total. The Balaban J connectivity index is 1.91. The van der Waals surface area contributed by atoms with Gasteiger partial charge in [0.15, 0.2) is 4.80 Å². The fourth-order valence-electron chi connectivity index (χ4n) is 3.42. The van der Waals surface area contributed by atoms with Crippen LogP contribution >= 0.6 is 22.9 Å². The van der Waals surface area contributed by atoms with Crippen molar-refractivity contribution in [1.82, 2.24) is 8.87 Å². The lowest BCUT2D eigenvalue weighted by Gasteiger charge is -2.25. The number of rotatable bonds is 7. The lowest BCUT2D eigenvalue weighted by molar-refractivity contribution is 0.0998. The summed E-state index contributed by atoms with van der Waals surface area (Å²) in [5.74, 6) is -0.0223. The third-order valence-electron chi connectivity index (χ3n) is 4.85. The SMILES string of the molecule is CC(C)CN(CC(C)C)S(=O)(=O)c1ccc(C(=O)N=c2sc3cccc(Cl)c3n2C)cc1. The second kappa shape index (κ2) is 9.87. The second-order valence-corrected chi connectivity index (χ2v) is 11.9. The average Bonchev–Trinajstić information content (AvgIpc) is 3.03. The van der Waals surface area contributed by atoms with E-state index in [9.17, 15) is 13.2 Å². The minimum atomic E-state index is -3.65. The predicted molar refractivity (Wildman–Crippen MR) is 131 cm³/mol. The monoisotopic (exact) mass is 493 g/mol. The molecule has 172 valence electrons. The number of halogens is 1. The Labute approximate surface area is 198 Å². The fraction of sp³-hybridized carbons (Fsp3) is 0.391. The smallest absolute Gasteiger partial charge is 0.279 e. The molecule has 0 saturated heterocycles. The number of amides is 1. The van der Waals surface area contributed by atoms with Gasteiger partial charge in [-0.3, -0.25) is 4.79 Å². The maximum Gasteiger partial charge on any atom is 0.279 e. The summed E-state index contributed by atoms with van der Waals surface area (Å²) in [6.45, 7) is 8.87. The maximum absolute atomic E-state index is 13.2. The summed E-state index contributed by atoms with van der Waals surface area (Å²) < 4.78 is 30.5. The van der Waals surface area contributed by atoms with E-state index in [4.69, 9.17) is 11.6 Å². The van der Waals surface area contributed by atoms with Crippen molar-refractivity contribution in [2.75, 3.05) is 13.1 Å². The van der Waals surface area contributed by atoms with E-state index >= 15 is 0 Å². The van der Waals surface area contributed by atoms with E-state index < -0.39 is 15.9 Å². The molecule has 9 heteroatoms. The summed E-state index contributed by atoms with van der Waals surface area (Å²) in [5.41, 5.74) is 1.15. The van der Waals surface area contributed by atoms with Crippen molar-refractivity contribution in [3.05, 3.63) is 57.9 Å². The van der Waals surface area contributed by atoms with Gasteiger partial charge in [0, 0.05) is 25.7 Å². The Morgan fingerprint density at radius 1 is 1.06 bits per heavy atom. The number of fused-ring (bicyclic) bond motifs is 1. The van der Waals surface area contributed by atoms with Gasteiger partial charge in [-0.15, -0.1) is 0 Å². The number of para-hydroxylation sites is 1. The van der Waals surface area contributed by atoms with E-state index in [1.54, 1.807) is 10.6 Å². The van der Waals surface area contributed by atoms with Crippen LogP contribution in [0.4, 0.5) is 0 Å². The summed E-state index contributed by atoms with van der Waals surface area (Å²) in [5, 5.41) is 0.594. The van der Waals surface area contributed by atoms with Gasteiger partial charge in [0.2, 0.25) is 10.0 Å². The van der Waals surface area contributed by atoms with Crippen molar-refractivity contribution in [2.24, 2.45) is 23.9 Å². The molecule has 3 aromatic rings. The molecule has 0 aliphatic rings. The first kappa shape index (κ1) is 24.6. The van der Waals surface area contributed by atoms with Crippen LogP contribution in [-0.4, -0.2) is 36.3 Å². The number of sulfonamides is 1. The van der Waals surface area contributed by atoms with Gasteiger partial charge in [-0.25, -0.2) is 8.42 Å². The number of carbonyl (C=O) groups excluding carboxylic acids is 1. The van der Waals surface area contributed by atoms with Crippen LogP contribution in [0, 0.1) is 11.8 Å². The molecule has 0 fully saturated rings. The highest BCUT2D eigenvalue weighted by Crippen LogP contribution is 2.24. The van der Waals surface area contributed by atoms with Gasteiger partial charge in [0.05, 0.1) is 20.1 Å². The van der Waals surface area contributed by atoms with Crippen molar-refractivity contribution < 1.29 is 13.2 Å². The van der Waals surface area contributed by atoms with Gasteiger partial charge in [-0.1, -0.05) is 56.7 Å². The Kier molecular flexibility index (Phi) is 7.60. The first-order valence-electron chi connectivity index (χ1n) is 10.4. The normalized spacial score (nSPS) is 13.1. The minimum absolute atomic E-state index is 0.176. The molecule has 32 heavy (non-hydrogen) atoms. The summed E-state index contributed by atoms with van der Waals surface area (Å²) in [7, 11) is -1.84. The van der Waals surface area contributed by atoms with Crippen LogP contribution in [0.5, 0.6) is 0 Å². The molecule has 1 heterocycles. The molecule has 0 N–H and O–H groups in total. The highest BCUT2D eigenvalue weighted by molar-refractivity contribution is 7.89. The largest absolute Gasteiger partial charge is 0.318 e. The maximum atomic E-state index is 13.2. The number of hydrogen-bond donors (Lipinski definition) is 0. The van der Waals surface area contributed by atoms with Gasteiger partial charge in [-0.2, -0.15) is 9.30 Å². The molecule has 0 radical (unpaired) electrons. The summed E-state index contributed by atoms with van der Waals surface area (Å²) >= 11 is 7.65. The van der Waals surface area contributed by atoms with Crippen LogP contribution in [0.2, 0.25) is 5.02 Å². The Morgan fingerprint density at radius 3 is 2.19 bits per heavy atom. The van der Waals surface area contributed by atoms with Crippen molar-refractivity contribution in [3.8, 4) is 0 Å². The Hall–Kier alpha value is -2.00. The number of carbonyl (C=O) groups is 1. The molecular formula is C23H28ClN3O3S2. The van der Waals surface area contributed by atoms with Gasteiger partial charge >= 0.3 is 0 Å². The lowest BCUT2D eigenvalue weighted by Crippen LogP contribution is -2.37. The summed E-state index contributed by atoms with van der Waals surface area (Å²) in [6, 6.07) is 11.6. The van der Waals surface area contributed by atoms with Crippen molar-refractivity contribution in [1.29, 1.82) is 0 Å². The van der Waals surface area contributed by atoms with Crippen molar-refractivity contribution in [2.45, 2.75) is 32.6 Å². The molecule has 1 amide bonds. The molecule has 0 bridgehead atoms. The van der Waals surface area contributed by atoms with E-state index in [1.165, 1.54) is 39.9 Å². The van der Waals surface area contributed by atoms with Crippen LogP contribution in [-0.2, 0) is 17.1 Å². The number of benzene rings is 2. The van der Waals surface area contributed by atoms with Crippen LogP contribution in [0.15, 0.2) is 52.4 Å². The molecule has 2 aromatic carbocycles. The number of thiazole rings is 1. The number of aromatic nitrogens is 1. The quantitative estimate of drug-likeness (QED) is 0.468. The van der Waals surface area contributed by atoms with Gasteiger partial charge < -0.3 is 4.57 Å². The molecule has 0 atom stereocenters. The zero-order chi connectivity index (χ0) is 23.6. The van der Waals surface area contributed by atoms with Crippen LogP contribution < -0.4 is 4.80 Å². The molecule has 0 unspecified atom stereocenters.